The molecule has 1 N–H and O–H groups in total. The lowest BCUT2D eigenvalue weighted by Crippen LogP contribution is -2.13. The van der Waals surface area contributed by atoms with Crippen LogP contribution in [0.2, 0.25) is 0 Å². The minimum Gasteiger partial charge on any atom is -0.370 e. The van der Waals surface area contributed by atoms with E-state index in [1.54, 1.807) is 12.1 Å². The van der Waals surface area contributed by atoms with Gasteiger partial charge in [0.15, 0.2) is 11.5 Å². The van der Waals surface area contributed by atoms with Crippen LogP contribution < -0.4 is 5.32 Å². The van der Waals surface area contributed by atoms with Gasteiger partial charge in [0.2, 0.25) is 0 Å². The van der Waals surface area contributed by atoms with E-state index in [0.717, 1.165) is 23.1 Å². The summed E-state index contributed by atoms with van der Waals surface area (Å²) in [6.07, 6.45) is -0.202. The van der Waals surface area contributed by atoms with Gasteiger partial charge in [0.05, 0.1) is 5.69 Å². The molecule has 3 heterocycles. The van der Waals surface area contributed by atoms with Crippen LogP contribution >= 0.6 is 0 Å². The Hall–Kier alpha value is -2.97. The normalized spacial score (nSPS) is 11.6. The average Bonchev–Trinajstić information content (AvgIpc) is 2.97. The first-order valence-corrected chi connectivity index (χ1v) is 8.37. The van der Waals surface area contributed by atoms with Crippen LogP contribution in [0.15, 0.2) is 35.1 Å². The van der Waals surface area contributed by atoms with Crippen LogP contribution in [0.1, 0.15) is 29.1 Å². The Bertz CT molecular complexity index is 890. The molecule has 0 spiro atoms. The molecule has 3 rings (SSSR count). The molecule has 0 aliphatic rings. The topological polar surface area (TPSA) is 76.7 Å². The molecular weight excluding hydrogens is 359 g/mol. The fourth-order valence-corrected chi connectivity index (χ4v) is 2.65. The minimum absolute atomic E-state index is 0.0221. The molecule has 0 aliphatic heterocycles. The Morgan fingerprint density at radius 1 is 1.19 bits per heavy atom. The molecule has 0 bridgehead atoms. The van der Waals surface area contributed by atoms with Crippen LogP contribution in [-0.2, 0) is 12.6 Å². The summed E-state index contributed by atoms with van der Waals surface area (Å²) in [6.45, 7) is 4.15. The summed E-state index contributed by atoms with van der Waals surface area (Å²) in [5.41, 5.74) is 1.27. The molecule has 0 saturated carbocycles. The van der Waals surface area contributed by atoms with E-state index in [4.69, 9.17) is 4.52 Å². The maximum atomic E-state index is 13.2. The zero-order valence-corrected chi connectivity index (χ0v) is 14.8. The first-order valence-electron chi connectivity index (χ1n) is 8.37. The largest absolute Gasteiger partial charge is 0.433 e. The fraction of sp³-hybridized carbons (Fsp3) is 0.333. The molecule has 0 aromatic carbocycles. The van der Waals surface area contributed by atoms with Crippen molar-refractivity contribution in [2.75, 3.05) is 11.9 Å². The van der Waals surface area contributed by atoms with E-state index in [9.17, 15) is 13.2 Å². The summed E-state index contributed by atoms with van der Waals surface area (Å²) in [6, 6.07) is 4.15. The van der Waals surface area contributed by atoms with Gasteiger partial charge in [-0.15, -0.1) is 0 Å². The zero-order chi connectivity index (χ0) is 19.4. The molecule has 9 heteroatoms. The number of rotatable bonds is 6. The molecule has 0 atom stereocenters. The summed E-state index contributed by atoms with van der Waals surface area (Å²) in [7, 11) is 0. The number of halogens is 3. The van der Waals surface area contributed by atoms with Crippen LogP contribution in [0.25, 0.3) is 11.4 Å². The highest BCUT2D eigenvalue weighted by Crippen LogP contribution is 2.30. The van der Waals surface area contributed by atoms with E-state index in [-0.39, 0.29) is 11.6 Å². The number of alkyl halides is 3. The van der Waals surface area contributed by atoms with E-state index in [1.807, 2.05) is 13.8 Å². The third-order valence-corrected chi connectivity index (χ3v) is 4.03. The van der Waals surface area contributed by atoms with Crippen molar-refractivity contribution in [1.29, 1.82) is 0 Å². The van der Waals surface area contributed by atoms with Crippen molar-refractivity contribution in [2.24, 2.45) is 0 Å². The molecule has 6 nitrogen and oxygen atoms in total. The lowest BCUT2D eigenvalue weighted by atomic mass is 10.1. The quantitative estimate of drug-likeness (QED) is 0.649. The lowest BCUT2D eigenvalue weighted by molar-refractivity contribution is -0.141. The Balaban J connectivity index is 1.74. The Morgan fingerprint density at radius 3 is 2.63 bits per heavy atom. The van der Waals surface area contributed by atoms with Crippen molar-refractivity contribution in [3.05, 3.63) is 53.3 Å². The van der Waals surface area contributed by atoms with Crippen molar-refractivity contribution in [3.63, 3.8) is 0 Å². The first-order chi connectivity index (χ1) is 12.8. The van der Waals surface area contributed by atoms with E-state index in [1.165, 1.54) is 12.4 Å². The molecule has 27 heavy (non-hydrogen) atoms. The highest BCUT2D eigenvalue weighted by atomic mass is 19.4. The second-order valence-corrected chi connectivity index (χ2v) is 6.03. The number of pyridine rings is 1. The Kier molecular flexibility index (Phi) is 5.38. The number of nitrogens with one attached hydrogen (secondary N) is 1. The van der Waals surface area contributed by atoms with Crippen LogP contribution in [0, 0.1) is 13.8 Å². The maximum Gasteiger partial charge on any atom is 0.433 e. The molecule has 0 saturated heterocycles. The molecule has 0 unspecified atom stereocenters. The molecule has 3 aromatic heterocycles. The highest BCUT2D eigenvalue weighted by molar-refractivity contribution is 5.56. The van der Waals surface area contributed by atoms with Gasteiger partial charge in [-0.2, -0.15) is 13.2 Å². The zero-order valence-electron chi connectivity index (χ0n) is 14.8. The SMILES string of the molecule is Cc1noc(C)c1CCCNc1cc(C(F)(F)F)nc(-c2cccnc2)n1. The first kappa shape index (κ1) is 18.8. The standard InChI is InChI=1S/C18H18F3N5O/c1-11-14(12(2)27-26-11)6-4-8-23-16-9-15(18(19,20)21)24-17(25-16)13-5-3-7-22-10-13/h3,5,7,9-10H,4,6,8H2,1-2H3,(H,23,24,25). The number of aromatic nitrogens is 4. The molecule has 0 fully saturated rings. The molecule has 0 amide bonds. The van der Waals surface area contributed by atoms with E-state index < -0.39 is 11.9 Å². The van der Waals surface area contributed by atoms with Crippen molar-refractivity contribution >= 4 is 5.82 Å². The van der Waals surface area contributed by atoms with Crippen LogP contribution in [0.4, 0.5) is 19.0 Å². The Morgan fingerprint density at radius 2 is 2.00 bits per heavy atom. The number of nitrogens with zero attached hydrogens (tertiary/aromatic N) is 4. The van der Waals surface area contributed by atoms with Crippen molar-refractivity contribution < 1.29 is 17.7 Å². The molecule has 3 aromatic rings. The van der Waals surface area contributed by atoms with Gasteiger partial charge >= 0.3 is 6.18 Å². The third-order valence-electron chi connectivity index (χ3n) is 4.03. The summed E-state index contributed by atoms with van der Waals surface area (Å²) in [4.78, 5) is 11.7. The van der Waals surface area contributed by atoms with E-state index >= 15 is 0 Å². The van der Waals surface area contributed by atoms with E-state index in [0.29, 0.717) is 24.9 Å². The average molecular weight is 377 g/mol. The van der Waals surface area contributed by atoms with Gasteiger partial charge in [-0.25, -0.2) is 9.97 Å². The van der Waals surface area contributed by atoms with Gasteiger partial charge < -0.3 is 9.84 Å². The predicted molar refractivity (Wildman–Crippen MR) is 93.1 cm³/mol. The van der Waals surface area contributed by atoms with Crippen molar-refractivity contribution in [1.82, 2.24) is 20.1 Å². The fourth-order valence-electron chi connectivity index (χ4n) is 2.65. The van der Waals surface area contributed by atoms with Gasteiger partial charge in [0.25, 0.3) is 0 Å². The van der Waals surface area contributed by atoms with Crippen LogP contribution in [0.3, 0.4) is 0 Å². The van der Waals surface area contributed by atoms with Crippen LogP contribution in [0.5, 0.6) is 0 Å². The van der Waals surface area contributed by atoms with Gasteiger partial charge in [-0.3, -0.25) is 4.98 Å². The third kappa shape index (κ3) is 4.60. The highest BCUT2D eigenvalue weighted by Gasteiger charge is 2.33. The summed E-state index contributed by atoms with van der Waals surface area (Å²) < 4.78 is 44.6. The molecule has 0 radical (unpaired) electrons. The van der Waals surface area contributed by atoms with Gasteiger partial charge in [0, 0.05) is 36.1 Å². The van der Waals surface area contributed by atoms with Crippen molar-refractivity contribution in [3.8, 4) is 11.4 Å². The molecule has 0 aliphatic carbocycles. The van der Waals surface area contributed by atoms with Gasteiger partial charge in [0.1, 0.15) is 11.6 Å². The summed E-state index contributed by atoms with van der Waals surface area (Å²) in [5.74, 6) is 0.855. The molecular formula is C18H18F3N5O. The molecule has 142 valence electrons. The van der Waals surface area contributed by atoms with Gasteiger partial charge in [-0.1, -0.05) is 5.16 Å². The Labute approximate surface area is 153 Å². The van der Waals surface area contributed by atoms with Crippen molar-refractivity contribution in [2.45, 2.75) is 32.9 Å². The monoisotopic (exact) mass is 377 g/mol. The predicted octanol–water partition coefficient (Wildman–Crippen LogP) is 4.21. The maximum absolute atomic E-state index is 13.2. The summed E-state index contributed by atoms with van der Waals surface area (Å²) in [5, 5.41) is 6.84. The van der Waals surface area contributed by atoms with Gasteiger partial charge in [-0.05, 0) is 38.8 Å². The second-order valence-electron chi connectivity index (χ2n) is 6.03. The number of aryl methyl sites for hydroxylation is 2. The lowest BCUT2D eigenvalue weighted by Gasteiger charge is -2.12. The van der Waals surface area contributed by atoms with E-state index in [2.05, 4.69) is 25.4 Å². The number of anilines is 1. The number of hydrogen-bond acceptors (Lipinski definition) is 6. The summed E-state index contributed by atoms with van der Waals surface area (Å²) >= 11 is 0. The number of hydrogen-bond donors (Lipinski definition) is 1. The second kappa shape index (κ2) is 7.73. The van der Waals surface area contributed by atoms with Crippen LogP contribution in [-0.4, -0.2) is 26.7 Å². The smallest absolute Gasteiger partial charge is 0.370 e. The minimum atomic E-state index is -4.56.